The summed E-state index contributed by atoms with van der Waals surface area (Å²) in [4.78, 5) is 26.0. The summed E-state index contributed by atoms with van der Waals surface area (Å²) in [5.41, 5.74) is 1.04. The molecule has 2 fully saturated rings. The first-order valence-electron chi connectivity index (χ1n) is 8.36. The zero-order valence-electron chi connectivity index (χ0n) is 13.8. The van der Waals surface area contributed by atoms with Crippen molar-refractivity contribution in [2.45, 2.75) is 25.3 Å². The molecule has 2 unspecified atom stereocenters. The summed E-state index contributed by atoms with van der Waals surface area (Å²) in [5, 5.41) is 3.52. The zero-order valence-corrected chi connectivity index (χ0v) is 15.4. The number of carbonyl (C=O) groups excluding carboxylic acids is 2. The van der Waals surface area contributed by atoms with Gasteiger partial charge in [0.2, 0.25) is 11.8 Å². The molecule has 2 heterocycles. The summed E-state index contributed by atoms with van der Waals surface area (Å²) >= 11 is 5.93. The Morgan fingerprint density at radius 3 is 2.84 bits per heavy atom. The molecule has 8 heteroatoms. The van der Waals surface area contributed by atoms with Gasteiger partial charge < -0.3 is 10.2 Å². The van der Waals surface area contributed by atoms with Gasteiger partial charge in [-0.25, -0.2) is 8.42 Å². The number of nitrogens with zero attached hydrogens (tertiary/aromatic N) is 1. The number of hydrogen-bond acceptors (Lipinski definition) is 4. The lowest BCUT2D eigenvalue weighted by molar-refractivity contribution is -0.130. The van der Waals surface area contributed by atoms with Crippen LogP contribution in [0.5, 0.6) is 0 Å². The Hall–Kier alpha value is -1.60. The predicted octanol–water partition coefficient (Wildman–Crippen LogP) is 1.03. The van der Waals surface area contributed by atoms with Crippen LogP contribution in [0.15, 0.2) is 24.3 Å². The van der Waals surface area contributed by atoms with Gasteiger partial charge in [-0.15, -0.1) is 0 Å². The van der Waals surface area contributed by atoms with Crippen LogP contribution >= 0.6 is 11.6 Å². The highest BCUT2D eigenvalue weighted by Crippen LogP contribution is 2.26. The van der Waals surface area contributed by atoms with E-state index in [0.717, 1.165) is 5.56 Å². The molecule has 136 valence electrons. The van der Waals surface area contributed by atoms with Gasteiger partial charge in [0.25, 0.3) is 0 Å². The Morgan fingerprint density at radius 1 is 1.36 bits per heavy atom. The minimum absolute atomic E-state index is 0.0157. The van der Waals surface area contributed by atoms with Crippen LogP contribution in [0.2, 0.25) is 5.02 Å². The van der Waals surface area contributed by atoms with E-state index < -0.39 is 15.8 Å². The van der Waals surface area contributed by atoms with Crippen LogP contribution in [0.25, 0.3) is 0 Å². The van der Waals surface area contributed by atoms with Gasteiger partial charge >= 0.3 is 0 Å². The van der Waals surface area contributed by atoms with E-state index in [2.05, 4.69) is 5.32 Å². The molecule has 0 spiro atoms. The molecule has 0 radical (unpaired) electrons. The summed E-state index contributed by atoms with van der Waals surface area (Å²) in [6, 6.07) is 7.18. The van der Waals surface area contributed by atoms with Crippen molar-refractivity contribution in [3.05, 3.63) is 34.9 Å². The van der Waals surface area contributed by atoms with E-state index in [-0.39, 0.29) is 35.8 Å². The van der Waals surface area contributed by atoms with Crippen molar-refractivity contribution >= 4 is 33.3 Å². The molecule has 0 aromatic heterocycles. The van der Waals surface area contributed by atoms with Crippen LogP contribution in [0.3, 0.4) is 0 Å². The van der Waals surface area contributed by atoms with Crippen molar-refractivity contribution in [1.29, 1.82) is 0 Å². The van der Waals surface area contributed by atoms with Gasteiger partial charge in [-0.1, -0.05) is 23.7 Å². The molecule has 1 aromatic carbocycles. The van der Waals surface area contributed by atoms with E-state index in [1.807, 2.05) is 18.2 Å². The van der Waals surface area contributed by atoms with E-state index in [4.69, 9.17) is 11.6 Å². The Kier molecular flexibility index (Phi) is 5.34. The summed E-state index contributed by atoms with van der Waals surface area (Å²) in [7, 11) is -3.05. The standard InChI is InChI=1S/C17H21ClN2O4S/c18-14-3-1-2-12(8-14)4-6-19-17(22)13-9-16(21)20(10-13)15-5-7-25(23,24)11-15/h1-3,8,13,15H,4-7,9-11H2,(H,19,22). The highest BCUT2D eigenvalue weighted by atomic mass is 35.5. The maximum atomic E-state index is 12.3. The van der Waals surface area contributed by atoms with Gasteiger partial charge in [0.05, 0.1) is 17.4 Å². The number of hydrogen-bond donors (Lipinski definition) is 1. The lowest BCUT2D eigenvalue weighted by Gasteiger charge is -2.22. The van der Waals surface area contributed by atoms with Crippen molar-refractivity contribution in [3.8, 4) is 0 Å². The maximum Gasteiger partial charge on any atom is 0.225 e. The number of likely N-dealkylation sites (tertiary alicyclic amines) is 1. The predicted molar refractivity (Wildman–Crippen MR) is 95.0 cm³/mol. The number of rotatable bonds is 5. The number of nitrogens with one attached hydrogen (secondary N) is 1. The molecule has 2 amide bonds. The maximum absolute atomic E-state index is 12.3. The lowest BCUT2D eigenvalue weighted by Crippen LogP contribution is -2.39. The molecule has 0 saturated carbocycles. The lowest BCUT2D eigenvalue weighted by atomic mass is 10.1. The van der Waals surface area contributed by atoms with Crippen LogP contribution in [0, 0.1) is 5.92 Å². The quantitative estimate of drug-likeness (QED) is 0.822. The number of carbonyl (C=O) groups is 2. The smallest absolute Gasteiger partial charge is 0.225 e. The first kappa shape index (κ1) is 18.2. The summed E-state index contributed by atoms with van der Waals surface area (Å²) < 4.78 is 23.2. The molecule has 2 saturated heterocycles. The number of benzene rings is 1. The van der Waals surface area contributed by atoms with Gasteiger partial charge in [-0.05, 0) is 30.5 Å². The third-order valence-corrected chi connectivity index (χ3v) is 6.77. The van der Waals surface area contributed by atoms with Crippen molar-refractivity contribution in [1.82, 2.24) is 10.2 Å². The van der Waals surface area contributed by atoms with Crippen molar-refractivity contribution in [2.24, 2.45) is 5.92 Å². The highest BCUT2D eigenvalue weighted by molar-refractivity contribution is 7.91. The van der Waals surface area contributed by atoms with E-state index >= 15 is 0 Å². The molecule has 1 aromatic rings. The fourth-order valence-corrected chi connectivity index (χ4v) is 5.39. The topological polar surface area (TPSA) is 83.6 Å². The molecule has 0 bridgehead atoms. The fourth-order valence-electron chi connectivity index (χ4n) is 3.45. The monoisotopic (exact) mass is 384 g/mol. The molecule has 1 N–H and O–H groups in total. The van der Waals surface area contributed by atoms with Crippen molar-refractivity contribution in [3.63, 3.8) is 0 Å². The summed E-state index contributed by atoms with van der Waals surface area (Å²) in [6.45, 7) is 0.781. The van der Waals surface area contributed by atoms with E-state index in [9.17, 15) is 18.0 Å². The minimum Gasteiger partial charge on any atom is -0.355 e. The van der Waals surface area contributed by atoms with Crippen molar-refractivity contribution in [2.75, 3.05) is 24.6 Å². The average Bonchev–Trinajstić information content (AvgIpc) is 3.09. The highest BCUT2D eigenvalue weighted by Gasteiger charge is 2.41. The first-order valence-corrected chi connectivity index (χ1v) is 10.6. The zero-order chi connectivity index (χ0) is 18.0. The van der Waals surface area contributed by atoms with E-state index in [0.29, 0.717) is 31.0 Å². The first-order chi connectivity index (χ1) is 11.8. The molecule has 2 aliphatic rings. The van der Waals surface area contributed by atoms with Gasteiger partial charge in [-0.2, -0.15) is 0 Å². The molecule has 3 rings (SSSR count). The fraction of sp³-hybridized carbons (Fsp3) is 0.529. The molecular weight excluding hydrogens is 364 g/mol. The van der Waals surface area contributed by atoms with Crippen molar-refractivity contribution < 1.29 is 18.0 Å². The van der Waals surface area contributed by atoms with Crippen LogP contribution in [0.1, 0.15) is 18.4 Å². The summed E-state index contributed by atoms with van der Waals surface area (Å²) in [6.07, 6.45) is 1.29. The van der Waals surface area contributed by atoms with Crippen LogP contribution in [0.4, 0.5) is 0 Å². The average molecular weight is 385 g/mol. The number of halogens is 1. The molecule has 2 aliphatic heterocycles. The van der Waals surface area contributed by atoms with E-state index in [1.165, 1.54) is 0 Å². The number of amides is 2. The van der Waals surface area contributed by atoms with E-state index in [1.54, 1.807) is 11.0 Å². The second-order valence-electron chi connectivity index (χ2n) is 6.67. The Morgan fingerprint density at radius 2 is 2.16 bits per heavy atom. The van der Waals surface area contributed by atoms with Gasteiger partial charge in [0.1, 0.15) is 0 Å². The Labute approximate surface area is 152 Å². The summed E-state index contributed by atoms with van der Waals surface area (Å²) in [5.74, 6) is -0.550. The van der Waals surface area contributed by atoms with Gasteiger partial charge in [0, 0.05) is 30.6 Å². The SMILES string of the molecule is O=C(NCCc1cccc(Cl)c1)C1CC(=O)N(C2CCS(=O)(=O)C2)C1. The van der Waals surface area contributed by atoms with Gasteiger partial charge in [0.15, 0.2) is 9.84 Å². The van der Waals surface area contributed by atoms with Crippen LogP contribution in [-0.2, 0) is 25.8 Å². The minimum atomic E-state index is -3.05. The Bertz CT molecular complexity index is 781. The van der Waals surface area contributed by atoms with Gasteiger partial charge in [-0.3, -0.25) is 9.59 Å². The third-order valence-electron chi connectivity index (χ3n) is 4.78. The normalized spacial score (nSPS) is 25.3. The third kappa shape index (κ3) is 4.52. The molecular formula is C17H21ClN2O4S. The molecule has 0 aliphatic carbocycles. The van der Waals surface area contributed by atoms with Crippen LogP contribution in [-0.4, -0.2) is 55.8 Å². The molecule has 6 nitrogen and oxygen atoms in total. The molecule has 2 atom stereocenters. The molecule has 25 heavy (non-hydrogen) atoms. The Balaban J connectivity index is 1.49. The second-order valence-corrected chi connectivity index (χ2v) is 9.34. The number of sulfone groups is 1. The van der Waals surface area contributed by atoms with Crippen LogP contribution < -0.4 is 5.32 Å². The largest absolute Gasteiger partial charge is 0.355 e. The second kappa shape index (κ2) is 7.33.